The van der Waals surface area contributed by atoms with E-state index in [1.54, 1.807) is 0 Å². The Bertz CT molecular complexity index is 974. The van der Waals surface area contributed by atoms with Gasteiger partial charge in [0.05, 0.1) is 24.2 Å². The van der Waals surface area contributed by atoms with E-state index in [9.17, 15) is 22.9 Å². The van der Waals surface area contributed by atoms with Crippen LogP contribution in [-0.4, -0.2) is 76.2 Å². The Morgan fingerprint density at radius 2 is 2.13 bits per heavy atom. The highest BCUT2D eigenvalue weighted by atomic mass is 32.2. The Labute approximate surface area is 179 Å². The van der Waals surface area contributed by atoms with E-state index in [2.05, 4.69) is 10.3 Å². The van der Waals surface area contributed by atoms with Gasteiger partial charge in [0.1, 0.15) is 23.3 Å². The first-order valence-electron chi connectivity index (χ1n) is 9.52. The summed E-state index contributed by atoms with van der Waals surface area (Å²) in [6, 6.07) is 3.04. The van der Waals surface area contributed by atoms with Gasteiger partial charge >= 0.3 is 0 Å². The average Bonchev–Trinajstić information content (AvgIpc) is 3.12. The van der Waals surface area contributed by atoms with Crippen LogP contribution in [0.25, 0.3) is 0 Å². The van der Waals surface area contributed by atoms with Crippen LogP contribution < -0.4 is 5.32 Å². The summed E-state index contributed by atoms with van der Waals surface area (Å²) in [6.07, 6.45) is -0.394. The predicted octanol–water partition coefficient (Wildman–Crippen LogP) is 0.948. The lowest BCUT2D eigenvalue weighted by Crippen LogP contribution is -2.56. The Balaban J connectivity index is 2.10. The van der Waals surface area contributed by atoms with Crippen LogP contribution in [0.1, 0.15) is 18.4 Å². The Morgan fingerprint density at radius 1 is 1.39 bits per heavy atom. The summed E-state index contributed by atoms with van der Waals surface area (Å²) in [5.74, 6) is -0.817. The van der Waals surface area contributed by atoms with Crippen molar-refractivity contribution >= 4 is 21.7 Å². The maximum Gasteiger partial charge on any atom is 0.270 e. The van der Waals surface area contributed by atoms with Gasteiger partial charge in [0.15, 0.2) is 0 Å². The molecule has 1 saturated carbocycles. The van der Waals surface area contributed by atoms with Crippen molar-refractivity contribution in [1.82, 2.24) is 9.62 Å². The number of aliphatic imine (C=N–C) groups is 1. The smallest absolute Gasteiger partial charge is 0.270 e. The van der Waals surface area contributed by atoms with Crippen molar-refractivity contribution in [3.05, 3.63) is 39.7 Å². The fourth-order valence-electron chi connectivity index (χ4n) is 4.01. The van der Waals surface area contributed by atoms with Gasteiger partial charge in [0, 0.05) is 45.4 Å². The highest BCUT2D eigenvalue weighted by Crippen LogP contribution is 2.50. The van der Waals surface area contributed by atoms with Crippen molar-refractivity contribution in [1.29, 1.82) is 0 Å². The van der Waals surface area contributed by atoms with Crippen molar-refractivity contribution in [2.75, 3.05) is 41.2 Å². The third-order valence-corrected chi connectivity index (χ3v) is 7.86. The standard InChI is InChI=1S/C18H25FN4O7S/c1-22-17(20-11-30-7-6-28-2)21-18(10-13(29-3)9-16(18)31(22,26)27)14-8-12(23(24)25)4-5-15(14)19/h4-5,8,13,16H,6-7,9-11H2,1-3H3,(H,20,21). The van der Waals surface area contributed by atoms with Crippen molar-refractivity contribution in [2.24, 2.45) is 4.99 Å². The number of nitrogens with zero attached hydrogens (tertiary/aromatic N) is 3. The van der Waals surface area contributed by atoms with E-state index in [1.807, 2.05) is 0 Å². The minimum absolute atomic E-state index is 0.0451. The summed E-state index contributed by atoms with van der Waals surface area (Å²) in [6.45, 7) is 0.558. The van der Waals surface area contributed by atoms with E-state index in [4.69, 9.17) is 14.2 Å². The Kier molecular flexibility index (Phi) is 6.79. The number of non-ortho nitro benzene ring substituents is 1. The third kappa shape index (κ3) is 4.22. The maximum absolute atomic E-state index is 14.9. The molecular weight excluding hydrogens is 435 g/mol. The van der Waals surface area contributed by atoms with Gasteiger partial charge in [0.2, 0.25) is 16.0 Å². The molecule has 0 saturated heterocycles. The number of nitrogens with one attached hydrogen (secondary N) is 1. The molecule has 3 atom stereocenters. The molecule has 1 heterocycles. The number of nitro benzene ring substituents is 1. The molecule has 0 amide bonds. The molecule has 13 heteroatoms. The van der Waals surface area contributed by atoms with E-state index < -0.39 is 37.7 Å². The van der Waals surface area contributed by atoms with Crippen LogP contribution in [0.3, 0.4) is 0 Å². The molecule has 0 radical (unpaired) electrons. The first-order chi connectivity index (χ1) is 14.7. The van der Waals surface area contributed by atoms with Crippen LogP contribution in [-0.2, 0) is 29.8 Å². The second-order valence-electron chi connectivity index (χ2n) is 7.30. The Hall–Kier alpha value is -2.35. The topological polar surface area (TPSA) is 133 Å². The highest BCUT2D eigenvalue weighted by Gasteiger charge is 2.60. The van der Waals surface area contributed by atoms with Crippen LogP contribution in [0, 0.1) is 15.9 Å². The molecule has 1 aromatic rings. The molecule has 3 rings (SSSR count). The molecular formula is C18H25FN4O7S. The molecule has 0 spiro atoms. The summed E-state index contributed by atoms with van der Waals surface area (Å²) in [4.78, 5) is 15.2. The van der Waals surface area contributed by atoms with Gasteiger partial charge in [0.25, 0.3) is 5.69 Å². The number of rotatable bonds is 8. The molecule has 1 N–H and O–H groups in total. The number of methoxy groups -OCH3 is 2. The van der Waals surface area contributed by atoms with E-state index >= 15 is 0 Å². The number of hydrogen-bond donors (Lipinski definition) is 1. The molecule has 2 aliphatic rings. The fraction of sp³-hybridized carbons (Fsp3) is 0.611. The molecule has 3 unspecified atom stereocenters. The number of guanidine groups is 1. The van der Waals surface area contributed by atoms with Crippen LogP contribution in [0.4, 0.5) is 10.1 Å². The average molecular weight is 460 g/mol. The van der Waals surface area contributed by atoms with Crippen LogP contribution >= 0.6 is 0 Å². The van der Waals surface area contributed by atoms with Crippen LogP contribution in [0.15, 0.2) is 23.2 Å². The van der Waals surface area contributed by atoms with E-state index in [0.29, 0.717) is 6.61 Å². The van der Waals surface area contributed by atoms with E-state index in [-0.39, 0.29) is 43.4 Å². The van der Waals surface area contributed by atoms with Gasteiger partial charge in [-0.15, -0.1) is 0 Å². The number of halogens is 1. The number of benzene rings is 1. The quantitative estimate of drug-likeness (QED) is 0.262. The van der Waals surface area contributed by atoms with Gasteiger partial charge in [-0.3, -0.25) is 10.1 Å². The summed E-state index contributed by atoms with van der Waals surface area (Å²) in [5.41, 5.74) is -2.09. The van der Waals surface area contributed by atoms with Gasteiger partial charge in [-0.1, -0.05) is 0 Å². The van der Waals surface area contributed by atoms with Crippen LogP contribution in [0.2, 0.25) is 0 Å². The monoisotopic (exact) mass is 460 g/mol. The summed E-state index contributed by atoms with van der Waals surface area (Å²) < 4.78 is 58.2. The number of hydrogen-bond acceptors (Lipinski definition) is 9. The largest absolute Gasteiger partial charge is 0.382 e. The predicted molar refractivity (Wildman–Crippen MR) is 108 cm³/mol. The highest BCUT2D eigenvalue weighted by molar-refractivity contribution is 7.90. The van der Waals surface area contributed by atoms with Gasteiger partial charge in [-0.25, -0.2) is 22.1 Å². The lowest BCUT2D eigenvalue weighted by molar-refractivity contribution is -0.385. The molecule has 31 heavy (non-hydrogen) atoms. The number of ether oxygens (including phenoxy) is 3. The molecule has 1 aliphatic carbocycles. The van der Waals surface area contributed by atoms with Crippen molar-refractivity contribution < 1.29 is 31.9 Å². The van der Waals surface area contributed by atoms with E-state index in [0.717, 1.165) is 22.5 Å². The second-order valence-corrected chi connectivity index (χ2v) is 9.45. The summed E-state index contributed by atoms with van der Waals surface area (Å²) in [7, 11) is 0.299. The summed E-state index contributed by atoms with van der Waals surface area (Å²) >= 11 is 0. The SMILES string of the molecule is COCCOCNC1=NC2(c3cc([N+](=O)[O-])ccc3F)CC(OC)CC2S(=O)(=O)N1C. The van der Waals surface area contributed by atoms with Crippen molar-refractivity contribution in [3.8, 4) is 0 Å². The molecule has 11 nitrogen and oxygen atoms in total. The second kappa shape index (κ2) is 9.02. The zero-order valence-corrected chi connectivity index (χ0v) is 18.2. The first kappa shape index (κ1) is 23.3. The summed E-state index contributed by atoms with van der Waals surface area (Å²) in [5, 5.41) is 12.9. The minimum Gasteiger partial charge on any atom is -0.382 e. The van der Waals surface area contributed by atoms with Crippen molar-refractivity contribution in [3.63, 3.8) is 0 Å². The molecule has 1 aliphatic heterocycles. The zero-order valence-electron chi connectivity index (χ0n) is 17.4. The molecule has 0 bridgehead atoms. The molecule has 1 fully saturated rings. The normalized spacial score (nSPS) is 27.0. The van der Waals surface area contributed by atoms with Gasteiger partial charge in [-0.2, -0.15) is 0 Å². The molecule has 172 valence electrons. The fourth-order valence-corrected chi connectivity index (χ4v) is 5.97. The lowest BCUT2D eigenvalue weighted by Gasteiger charge is -2.40. The first-order valence-corrected chi connectivity index (χ1v) is 11.0. The van der Waals surface area contributed by atoms with Gasteiger partial charge in [-0.05, 0) is 12.5 Å². The molecule has 1 aromatic carbocycles. The zero-order chi connectivity index (χ0) is 22.8. The number of nitro groups is 1. The molecule has 0 aromatic heterocycles. The minimum atomic E-state index is -3.99. The van der Waals surface area contributed by atoms with E-state index in [1.165, 1.54) is 21.3 Å². The number of fused-ring (bicyclic) bond motifs is 1. The van der Waals surface area contributed by atoms with Crippen LogP contribution in [0.5, 0.6) is 0 Å². The maximum atomic E-state index is 14.9. The Morgan fingerprint density at radius 3 is 2.77 bits per heavy atom. The lowest BCUT2D eigenvalue weighted by atomic mass is 9.87. The van der Waals surface area contributed by atoms with Crippen molar-refractivity contribution in [2.45, 2.75) is 29.7 Å². The van der Waals surface area contributed by atoms with Gasteiger partial charge < -0.3 is 19.5 Å². The number of sulfonamides is 1. The third-order valence-electron chi connectivity index (χ3n) is 5.62.